The van der Waals surface area contributed by atoms with Gasteiger partial charge in [-0.25, -0.2) is 0 Å². The Morgan fingerprint density at radius 1 is 1.53 bits per heavy atom. The van der Waals surface area contributed by atoms with Crippen LogP contribution in [-0.2, 0) is 12.8 Å². The fraction of sp³-hybridized carbons (Fsp3) is 0.385. The second kappa shape index (κ2) is 6.38. The van der Waals surface area contributed by atoms with Crippen molar-refractivity contribution in [3.8, 4) is 0 Å². The third-order valence-electron chi connectivity index (χ3n) is 2.88. The van der Waals surface area contributed by atoms with Gasteiger partial charge in [-0.1, -0.05) is 13.3 Å². The van der Waals surface area contributed by atoms with E-state index >= 15 is 0 Å². The highest BCUT2D eigenvalue weighted by Gasteiger charge is 2.16. The van der Waals surface area contributed by atoms with Crippen molar-refractivity contribution >= 4 is 22.9 Å². The molecule has 0 aliphatic carbocycles. The highest BCUT2D eigenvalue weighted by Crippen LogP contribution is 2.15. The molecule has 0 fully saturated rings. The van der Waals surface area contributed by atoms with Gasteiger partial charge in [0.1, 0.15) is 0 Å². The number of carbonyl (C=O) groups excluding carboxylic acids is 1. The molecule has 0 aliphatic heterocycles. The van der Waals surface area contributed by atoms with Crippen LogP contribution in [0.15, 0.2) is 16.8 Å². The zero-order valence-electron chi connectivity index (χ0n) is 10.9. The lowest BCUT2D eigenvalue weighted by Gasteiger charge is -2.03. The molecule has 1 amide bonds. The van der Waals surface area contributed by atoms with Crippen molar-refractivity contribution in [3.63, 3.8) is 0 Å². The molecule has 2 heterocycles. The van der Waals surface area contributed by atoms with Crippen LogP contribution in [0.1, 0.15) is 35.1 Å². The Hall–Kier alpha value is -1.82. The summed E-state index contributed by atoms with van der Waals surface area (Å²) < 4.78 is 0. The lowest BCUT2D eigenvalue weighted by molar-refractivity contribution is 0.0950. The largest absolute Gasteiger partial charge is 0.395 e. The van der Waals surface area contributed by atoms with E-state index in [1.54, 1.807) is 11.3 Å². The van der Waals surface area contributed by atoms with Crippen molar-refractivity contribution in [1.82, 2.24) is 15.5 Å². The molecule has 0 unspecified atom stereocenters. The molecule has 0 spiro atoms. The third-order valence-corrected chi connectivity index (χ3v) is 3.61. The van der Waals surface area contributed by atoms with Gasteiger partial charge in [0.25, 0.3) is 5.91 Å². The first kappa shape index (κ1) is 13.6. The number of aromatic nitrogens is 2. The van der Waals surface area contributed by atoms with Crippen LogP contribution in [0.5, 0.6) is 0 Å². The van der Waals surface area contributed by atoms with Crippen molar-refractivity contribution in [1.29, 1.82) is 0 Å². The fourth-order valence-corrected chi connectivity index (χ4v) is 2.54. The number of hydrogen-bond acceptors (Lipinski definition) is 4. The van der Waals surface area contributed by atoms with Crippen LogP contribution in [0.3, 0.4) is 0 Å². The summed E-state index contributed by atoms with van der Waals surface area (Å²) >= 11 is 1.66. The number of thiophene rings is 1. The molecule has 2 aromatic heterocycles. The lowest BCUT2D eigenvalue weighted by atomic mass is 10.2. The molecule has 0 saturated carbocycles. The maximum atomic E-state index is 11.9. The zero-order chi connectivity index (χ0) is 13.7. The number of anilines is 1. The summed E-state index contributed by atoms with van der Waals surface area (Å²) in [7, 11) is 0. The number of nitrogens with two attached hydrogens (primary N) is 1. The second-order valence-corrected chi connectivity index (χ2v) is 5.13. The van der Waals surface area contributed by atoms with E-state index < -0.39 is 0 Å². The molecule has 5 nitrogen and oxygen atoms in total. The zero-order valence-corrected chi connectivity index (χ0v) is 11.7. The van der Waals surface area contributed by atoms with E-state index in [1.807, 2.05) is 5.38 Å². The Morgan fingerprint density at radius 3 is 3.05 bits per heavy atom. The molecule has 19 heavy (non-hydrogen) atoms. The summed E-state index contributed by atoms with van der Waals surface area (Å²) in [6.45, 7) is 2.64. The second-order valence-electron chi connectivity index (χ2n) is 4.35. The monoisotopic (exact) mass is 278 g/mol. The van der Waals surface area contributed by atoms with Gasteiger partial charge in [-0.2, -0.15) is 16.4 Å². The van der Waals surface area contributed by atoms with Gasteiger partial charge in [-0.05, 0) is 35.2 Å². The normalized spacial score (nSPS) is 10.6. The van der Waals surface area contributed by atoms with Crippen LogP contribution in [0.4, 0.5) is 5.69 Å². The van der Waals surface area contributed by atoms with Gasteiger partial charge in [0.2, 0.25) is 0 Å². The number of amides is 1. The Labute approximate surface area is 116 Å². The summed E-state index contributed by atoms with van der Waals surface area (Å²) in [6, 6.07) is 2.05. The molecule has 2 rings (SSSR count). The maximum Gasteiger partial charge on any atom is 0.273 e. The molecule has 0 atom stereocenters. The van der Waals surface area contributed by atoms with Gasteiger partial charge < -0.3 is 11.1 Å². The quantitative estimate of drug-likeness (QED) is 0.755. The molecule has 4 N–H and O–H groups in total. The first-order valence-corrected chi connectivity index (χ1v) is 7.28. The Balaban J connectivity index is 1.89. The van der Waals surface area contributed by atoms with Crippen LogP contribution in [0.2, 0.25) is 0 Å². The van der Waals surface area contributed by atoms with Crippen molar-refractivity contribution in [2.45, 2.75) is 26.2 Å². The van der Waals surface area contributed by atoms with Crippen LogP contribution < -0.4 is 11.1 Å². The molecule has 0 aromatic carbocycles. The lowest BCUT2D eigenvalue weighted by Crippen LogP contribution is -2.26. The predicted molar refractivity (Wildman–Crippen MR) is 77.4 cm³/mol. The number of aryl methyl sites for hydroxylation is 1. The van der Waals surface area contributed by atoms with E-state index in [-0.39, 0.29) is 5.91 Å². The molecule has 0 saturated heterocycles. The van der Waals surface area contributed by atoms with Crippen LogP contribution in [0, 0.1) is 0 Å². The van der Waals surface area contributed by atoms with Gasteiger partial charge in [0.15, 0.2) is 5.69 Å². The third kappa shape index (κ3) is 3.35. The number of nitrogens with one attached hydrogen (secondary N) is 2. The van der Waals surface area contributed by atoms with Gasteiger partial charge in [-0.3, -0.25) is 9.89 Å². The molecular weight excluding hydrogens is 260 g/mol. The average Bonchev–Trinajstić information content (AvgIpc) is 3.01. The van der Waals surface area contributed by atoms with E-state index in [9.17, 15) is 4.79 Å². The topological polar surface area (TPSA) is 83.8 Å². The van der Waals surface area contributed by atoms with Crippen molar-refractivity contribution in [3.05, 3.63) is 33.8 Å². The maximum absolute atomic E-state index is 11.9. The number of rotatable bonds is 6. The minimum Gasteiger partial charge on any atom is -0.395 e. The predicted octanol–water partition coefficient (Wildman–Crippen LogP) is 1.98. The first-order chi connectivity index (χ1) is 9.22. The van der Waals surface area contributed by atoms with Crippen molar-refractivity contribution < 1.29 is 4.79 Å². The van der Waals surface area contributed by atoms with Gasteiger partial charge in [0, 0.05) is 6.54 Å². The smallest absolute Gasteiger partial charge is 0.273 e. The van der Waals surface area contributed by atoms with Crippen molar-refractivity contribution in [2.24, 2.45) is 0 Å². The SMILES string of the molecule is CCCc1[nH]nc(C(=O)NCCc2ccsc2)c1N. The van der Waals surface area contributed by atoms with Crippen LogP contribution in [-0.4, -0.2) is 22.6 Å². The Bertz CT molecular complexity index is 533. The molecule has 102 valence electrons. The molecule has 0 aliphatic rings. The minimum atomic E-state index is -0.216. The summed E-state index contributed by atoms with van der Waals surface area (Å²) in [5, 5.41) is 13.8. The molecule has 6 heteroatoms. The van der Waals surface area contributed by atoms with Crippen LogP contribution >= 0.6 is 11.3 Å². The number of nitrogen functional groups attached to an aromatic ring is 1. The average molecular weight is 278 g/mol. The van der Waals surface area contributed by atoms with Gasteiger partial charge >= 0.3 is 0 Å². The van der Waals surface area contributed by atoms with Crippen LogP contribution in [0.25, 0.3) is 0 Å². The molecule has 0 bridgehead atoms. The summed E-state index contributed by atoms with van der Waals surface area (Å²) in [5.41, 5.74) is 8.74. The summed E-state index contributed by atoms with van der Waals surface area (Å²) in [6.07, 6.45) is 2.59. The summed E-state index contributed by atoms with van der Waals surface area (Å²) in [5.74, 6) is -0.216. The van der Waals surface area contributed by atoms with E-state index in [0.717, 1.165) is 25.0 Å². The number of hydrogen-bond donors (Lipinski definition) is 3. The molecule has 0 radical (unpaired) electrons. The van der Waals surface area contributed by atoms with Gasteiger partial charge in [-0.15, -0.1) is 0 Å². The fourth-order valence-electron chi connectivity index (χ4n) is 1.84. The number of nitrogens with zero attached hydrogens (tertiary/aromatic N) is 1. The molecule has 2 aromatic rings. The highest BCUT2D eigenvalue weighted by atomic mass is 32.1. The molecular formula is C13H18N4OS. The highest BCUT2D eigenvalue weighted by molar-refractivity contribution is 7.07. The summed E-state index contributed by atoms with van der Waals surface area (Å²) in [4.78, 5) is 11.9. The first-order valence-electron chi connectivity index (χ1n) is 6.34. The van der Waals surface area contributed by atoms with E-state index in [1.165, 1.54) is 5.56 Å². The number of H-pyrrole nitrogens is 1. The Morgan fingerprint density at radius 2 is 2.37 bits per heavy atom. The number of carbonyl (C=O) groups is 1. The van der Waals surface area contributed by atoms with E-state index in [0.29, 0.717) is 17.9 Å². The van der Waals surface area contributed by atoms with E-state index in [2.05, 4.69) is 33.9 Å². The van der Waals surface area contributed by atoms with Crippen molar-refractivity contribution in [2.75, 3.05) is 12.3 Å². The van der Waals surface area contributed by atoms with Gasteiger partial charge in [0.05, 0.1) is 11.4 Å². The van der Waals surface area contributed by atoms with E-state index in [4.69, 9.17) is 5.73 Å². The Kier molecular flexibility index (Phi) is 4.57. The number of aromatic amines is 1. The standard InChI is InChI=1S/C13H18N4OS/c1-2-3-10-11(14)12(17-16-10)13(18)15-6-4-9-5-7-19-8-9/h5,7-8H,2-4,6,14H2,1H3,(H,15,18)(H,16,17). The minimum absolute atomic E-state index is 0.216.